The Labute approximate surface area is 88.4 Å². The van der Waals surface area contributed by atoms with E-state index in [-0.39, 0.29) is 6.61 Å². The monoisotopic (exact) mass is 219 g/mol. The van der Waals surface area contributed by atoms with Crippen molar-refractivity contribution >= 4 is 11.8 Å². The molecule has 0 saturated carbocycles. The van der Waals surface area contributed by atoms with Gasteiger partial charge in [0, 0.05) is 6.92 Å². The van der Waals surface area contributed by atoms with Gasteiger partial charge in [-0.3, -0.25) is 14.5 Å². The maximum absolute atomic E-state index is 11.4. The van der Waals surface area contributed by atoms with Crippen LogP contribution >= 0.6 is 0 Å². The summed E-state index contributed by atoms with van der Waals surface area (Å²) in [6, 6.07) is -1.42. The number of ether oxygens (including phenoxy) is 1. The molecule has 1 atom stereocenters. The van der Waals surface area contributed by atoms with Crippen molar-refractivity contribution < 1.29 is 24.5 Å². The molecule has 0 aromatic carbocycles. The van der Waals surface area contributed by atoms with Gasteiger partial charge in [0.15, 0.2) is 11.8 Å². The molecule has 0 aliphatic rings. The zero-order valence-corrected chi connectivity index (χ0v) is 9.35. The largest absolute Gasteiger partial charge is 0.465 e. The summed E-state index contributed by atoms with van der Waals surface area (Å²) in [5.41, 5.74) is 0. The van der Waals surface area contributed by atoms with Gasteiger partial charge < -0.3 is 14.9 Å². The predicted molar refractivity (Wildman–Crippen MR) is 52.0 cm³/mol. The number of Topliss-reactive ketones (excluding diaryl/α,β-unsaturated/α-hetero) is 1. The first-order valence-corrected chi connectivity index (χ1v) is 4.54. The van der Waals surface area contributed by atoms with Gasteiger partial charge in [0.05, 0.1) is 6.61 Å². The topological polar surface area (TPSA) is 87.1 Å². The van der Waals surface area contributed by atoms with E-state index < -0.39 is 23.6 Å². The lowest BCUT2D eigenvalue weighted by molar-refractivity contribution is -0.211. The number of carbonyl (C=O) groups excluding carboxylic acids is 2. The number of hydrogen-bond acceptors (Lipinski definition) is 6. The predicted octanol–water partition coefficient (Wildman–Crippen LogP) is -1.25. The maximum Gasteiger partial charge on any atom is 0.329 e. The van der Waals surface area contributed by atoms with E-state index in [0.29, 0.717) is 0 Å². The van der Waals surface area contributed by atoms with Gasteiger partial charge in [-0.2, -0.15) is 0 Å². The summed E-state index contributed by atoms with van der Waals surface area (Å²) in [6.07, 6.45) is 0. The summed E-state index contributed by atoms with van der Waals surface area (Å²) < 4.78 is 4.65. The van der Waals surface area contributed by atoms with Crippen molar-refractivity contribution in [2.24, 2.45) is 0 Å². The first kappa shape index (κ1) is 14.0. The van der Waals surface area contributed by atoms with Gasteiger partial charge in [-0.25, -0.2) is 0 Å². The van der Waals surface area contributed by atoms with Crippen LogP contribution in [-0.2, 0) is 14.3 Å². The molecule has 0 heterocycles. The fourth-order valence-corrected chi connectivity index (χ4v) is 1.15. The average Bonchev–Trinajstić information content (AvgIpc) is 2.02. The number of esters is 1. The Morgan fingerprint density at radius 1 is 1.40 bits per heavy atom. The minimum absolute atomic E-state index is 0.108. The van der Waals surface area contributed by atoms with E-state index in [1.807, 2.05) is 0 Å². The van der Waals surface area contributed by atoms with Crippen LogP contribution in [0.3, 0.4) is 0 Å². The fraction of sp³-hybridized carbons (Fsp3) is 0.778. The Bertz CT molecular complexity index is 249. The number of ketones is 1. The van der Waals surface area contributed by atoms with Crippen molar-refractivity contribution in [1.29, 1.82) is 0 Å². The molecule has 1 unspecified atom stereocenters. The second-order valence-electron chi connectivity index (χ2n) is 3.40. The average molecular weight is 219 g/mol. The SMILES string of the molecule is CCOC(=O)C(N(C)C)C(O)(O)C(C)=O. The molecule has 0 aliphatic heterocycles. The highest BCUT2D eigenvalue weighted by molar-refractivity contribution is 5.91. The Kier molecular flexibility index (Phi) is 4.86. The highest BCUT2D eigenvalue weighted by atomic mass is 16.5. The molecule has 0 amide bonds. The van der Waals surface area contributed by atoms with E-state index in [0.717, 1.165) is 6.92 Å². The molecule has 0 saturated heterocycles. The van der Waals surface area contributed by atoms with E-state index in [4.69, 9.17) is 0 Å². The smallest absolute Gasteiger partial charge is 0.329 e. The van der Waals surface area contributed by atoms with Crippen molar-refractivity contribution in [2.75, 3.05) is 20.7 Å². The highest BCUT2D eigenvalue weighted by Gasteiger charge is 2.46. The summed E-state index contributed by atoms with van der Waals surface area (Å²) in [6.45, 7) is 2.70. The van der Waals surface area contributed by atoms with Gasteiger partial charge in [0.25, 0.3) is 5.79 Å². The number of carbonyl (C=O) groups is 2. The Morgan fingerprint density at radius 2 is 1.87 bits per heavy atom. The molecule has 0 aromatic heterocycles. The van der Waals surface area contributed by atoms with Gasteiger partial charge in [0.2, 0.25) is 0 Å². The molecule has 0 fully saturated rings. The van der Waals surface area contributed by atoms with E-state index >= 15 is 0 Å². The first-order valence-electron chi connectivity index (χ1n) is 4.54. The number of nitrogens with zero attached hydrogens (tertiary/aromatic N) is 1. The molecule has 6 heteroatoms. The van der Waals surface area contributed by atoms with Crippen molar-refractivity contribution in [2.45, 2.75) is 25.7 Å². The third kappa shape index (κ3) is 3.26. The minimum Gasteiger partial charge on any atom is -0.465 e. The van der Waals surface area contributed by atoms with Crippen LogP contribution < -0.4 is 0 Å². The van der Waals surface area contributed by atoms with Crippen molar-refractivity contribution in [3.8, 4) is 0 Å². The zero-order valence-electron chi connectivity index (χ0n) is 9.35. The number of aliphatic hydroxyl groups is 2. The molecular formula is C9H17NO5. The second kappa shape index (κ2) is 5.20. The van der Waals surface area contributed by atoms with Gasteiger partial charge in [-0.05, 0) is 21.0 Å². The van der Waals surface area contributed by atoms with Crippen LogP contribution in [0.2, 0.25) is 0 Å². The molecule has 2 N–H and O–H groups in total. The van der Waals surface area contributed by atoms with E-state index in [2.05, 4.69) is 4.74 Å². The molecule has 0 radical (unpaired) electrons. The molecule has 0 aliphatic carbocycles. The van der Waals surface area contributed by atoms with Gasteiger partial charge in [0.1, 0.15) is 0 Å². The minimum atomic E-state index is -2.73. The van der Waals surface area contributed by atoms with E-state index in [9.17, 15) is 19.8 Å². The summed E-state index contributed by atoms with van der Waals surface area (Å²) in [5.74, 6) is -4.48. The van der Waals surface area contributed by atoms with Crippen LogP contribution in [0.25, 0.3) is 0 Å². The number of hydrogen-bond donors (Lipinski definition) is 2. The van der Waals surface area contributed by atoms with Crippen molar-refractivity contribution in [3.63, 3.8) is 0 Å². The van der Waals surface area contributed by atoms with Gasteiger partial charge in [-0.15, -0.1) is 0 Å². The van der Waals surface area contributed by atoms with Gasteiger partial charge >= 0.3 is 5.97 Å². The number of likely N-dealkylation sites (N-methyl/N-ethyl adjacent to an activating group) is 1. The normalized spacial score (nSPS) is 13.8. The first-order chi connectivity index (χ1) is 6.75. The van der Waals surface area contributed by atoms with Crippen molar-refractivity contribution in [3.05, 3.63) is 0 Å². The molecule has 88 valence electrons. The van der Waals surface area contributed by atoms with Crippen LogP contribution in [0.5, 0.6) is 0 Å². The molecule has 15 heavy (non-hydrogen) atoms. The molecule has 0 rings (SSSR count). The van der Waals surface area contributed by atoms with Crippen LogP contribution in [0.1, 0.15) is 13.8 Å². The summed E-state index contributed by atoms with van der Waals surface area (Å²) in [4.78, 5) is 23.6. The molecule has 0 bridgehead atoms. The Hall–Kier alpha value is -0.980. The molecule has 0 aromatic rings. The summed E-state index contributed by atoms with van der Waals surface area (Å²) in [7, 11) is 2.90. The Balaban J connectivity index is 4.97. The fourth-order valence-electron chi connectivity index (χ4n) is 1.15. The molecule has 0 spiro atoms. The van der Waals surface area contributed by atoms with Crippen LogP contribution in [-0.4, -0.2) is 59.4 Å². The highest BCUT2D eigenvalue weighted by Crippen LogP contribution is 2.14. The lowest BCUT2D eigenvalue weighted by atomic mass is 10.0. The quantitative estimate of drug-likeness (QED) is 0.444. The van der Waals surface area contributed by atoms with Crippen LogP contribution in [0.4, 0.5) is 0 Å². The second-order valence-corrected chi connectivity index (χ2v) is 3.40. The summed E-state index contributed by atoms with van der Waals surface area (Å²) in [5, 5.41) is 19.0. The Morgan fingerprint density at radius 3 is 2.13 bits per heavy atom. The lowest BCUT2D eigenvalue weighted by Crippen LogP contribution is -2.59. The number of rotatable bonds is 5. The third-order valence-electron chi connectivity index (χ3n) is 1.93. The lowest BCUT2D eigenvalue weighted by Gasteiger charge is -2.31. The van der Waals surface area contributed by atoms with E-state index in [1.165, 1.54) is 19.0 Å². The standard InChI is InChI=1S/C9H17NO5/c1-5-15-8(12)7(10(3)4)9(13,14)6(2)11/h7,13-14H,5H2,1-4H3. The molecular weight excluding hydrogens is 202 g/mol. The molecule has 6 nitrogen and oxygen atoms in total. The van der Waals surface area contributed by atoms with Crippen molar-refractivity contribution in [1.82, 2.24) is 4.90 Å². The third-order valence-corrected chi connectivity index (χ3v) is 1.93. The summed E-state index contributed by atoms with van der Waals surface area (Å²) >= 11 is 0. The van der Waals surface area contributed by atoms with Gasteiger partial charge in [-0.1, -0.05) is 0 Å². The van der Waals surface area contributed by atoms with E-state index in [1.54, 1.807) is 6.92 Å². The maximum atomic E-state index is 11.4. The van der Waals surface area contributed by atoms with Crippen LogP contribution in [0.15, 0.2) is 0 Å². The van der Waals surface area contributed by atoms with Crippen LogP contribution in [0, 0.1) is 0 Å². The zero-order chi connectivity index (χ0) is 12.2.